The first-order valence-corrected chi connectivity index (χ1v) is 16.1. The molecule has 2 heterocycles. The van der Waals surface area contributed by atoms with Gasteiger partial charge < -0.3 is 19.5 Å². The summed E-state index contributed by atoms with van der Waals surface area (Å²) in [6.07, 6.45) is 0. The number of aromatic nitrogens is 3. The van der Waals surface area contributed by atoms with Gasteiger partial charge in [-0.05, 0) is 59.9 Å². The van der Waals surface area contributed by atoms with Crippen molar-refractivity contribution in [3.05, 3.63) is 141 Å². The van der Waals surface area contributed by atoms with Crippen LogP contribution in [0.4, 0.5) is 5.95 Å². The van der Waals surface area contributed by atoms with Gasteiger partial charge >= 0.3 is 5.97 Å². The summed E-state index contributed by atoms with van der Waals surface area (Å²) in [6.45, 7) is 4.43. The Morgan fingerprint density at radius 2 is 1.65 bits per heavy atom. The van der Waals surface area contributed by atoms with Crippen molar-refractivity contribution in [3.8, 4) is 11.5 Å². The highest BCUT2D eigenvalue weighted by molar-refractivity contribution is 7.98. The van der Waals surface area contributed by atoms with E-state index >= 15 is 0 Å². The molecule has 1 aromatic heterocycles. The van der Waals surface area contributed by atoms with Gasteiger partial charge in [-0.15, -0.1) is 5.10 Å². The molecule has 0 spiro atoms. The van der Waals surface area contributed by atoms with Crippen LogP contribution >= 0.6 is 23.4 Å². The summed E-state index contributed by atoms with van der Waals surface area (Å²) in [5.41, 5.74) is 5.93. The van der Waals surface area contributed by atoms with E-state index in [0.717, 1.165) is 27.8 Å². The Morgan fingerprint density at radius 1 is 0.913 bits per heavy atom. The molecule has 4 aromatic carbocycles. The van der Waals surface area contributed by atoms with E-state index in [9.17, 15) is 4.79 Å². The molecular weight excluding hydrogens is 620 g/mol. The van der Waals surface area contributed by atoms with Crippen molar-refractivity contribution in [1.82, 2.24) is 14.8 Å². The van der Waals surface area contributed by atoms with Gasteiger partial charge in [0.25, 0.3) is 0 Å². The number of rotatable bonds is 11. The molecule has 0 bridgehead atoms. The molecule has 234 valence electrons. The Labute approximate surface area is 277 Å². The lowest BCUT2D eigenvalue weighted by Gasteiger charge is -2.28. The number of halogens is 1. The third kappa shape index (κ3) is 6.90. The van der Waals surface area contributed by atoms with Crippen LogP contribution in [-0.4, -0.2) is 27.8 Å². The summed E-state index contributed by atoms with van der Waals surface area (Å²) in [5, 5.41) is 9.36. The van der Waals surface area contributed by atoms with Gasteiger partial charge in [-0.2, -0.15) is 4.98 Å². The van der Waals surface area contributed by atoms with Crippen LogP contribution < -0.4 is 14.8 Å². The summed E-state index contributed by atoms with van der Waals surface area (Å²) in [6, 6.07) is 30.4. The van der Waals surface area contributed by atoms with E-state index in [0.29, 0.717) is 51.3 Å². The van der Waals surface area contributed by atoms with Crippen LogP contribution in [0.3, 0.4) is 0 Å². The first-order valence-electron chi connectivity index (χ1n) is 14.8. The minimum absolute atomic E-state index is 0.140. The molecule has 1 aliphatic rings. The van der Waals surface area contributed by atoms with Crippen LogP contribution in [0.1, 0.15) is 40.8 Å². The number of nitrogens with zero attached hydrogens (tertiary/aromatic N) is 3. The molecule has 0 saturated carbocycles. The molecule has 0 saturated heterocycles. The second-order valence-corrected chi connectivity index (χ2v) is 12.1. The zero-order chi connectivity index (χ0) is 32.0. The van der Waals surface area contributed by atoms with E-state index in [-0.39, 0.29) is 6.61 Å². The highest BCUT2D eigenvalue weighted by Crippen LogP contribution is 2.40. The smallest absolute Gasteiger partial charge is 0.338 e. The average molecular weight is 653 g/mol. The van der Waals surface area contributed by atoms with E-state index in [4.69, 9.17) is 35.9 Å². The summed E-state index contributed by atoms with van der Waals surface area (Å²) in [5.74, 6) is 1.78. The van der Waals surface area contributed by atoms with Gasteiger partial charge in [0.05, 0.1) is 12.7 Å². The Kier molecular flexibility index (Phi) is 9.61. The number of anilines is 1. The zero-order valence-electron chi connectivity index (χ0n) is 25.7. The number of thioether (sulfide) groups is 1. The molecule has 5 aromatic rings. The fraction of sp³-hybridized carbons (Fsp3) is 0.194. The summed E-state index contributed by atoms with van der Waals surface area (Å²) >= 11 is 7.86. The second kappa shape index (κ2) is 14.1. The van der Waals surface area contributed by atoms with Gasteiger partial charge in [-0.3, -0.25) is 0 Å². The van der Waals surface area contributed by atoms with Crippen molar-refractivity contribution in [2.24, 2.45) is 0 Å². The lowest BCUT2D eigenvalue weighted by molar-refractivity contribution is -0.140. The number of ether oxygens (including phenoxy) is 3. The SMILES string of the molecule is COc1cc(C2C(C(=O)OCc3ccccc3)=C(C)Nc3nc(SCc4ccccc4Cl)nn32)ccc1OCc1ccccc1C. The Morgan fingerprint density at radius 3 is 2.41 bits per heavy atom. The Balaban J connectivity index is 1.32. The van der Waals surface area contributed by atoms with Crippen LogP contribution in [0, 0.1) is 6.92 Å². The van der Waals surface area contributed by atoms with Crippen molar-refractivity contribution in [2.75, 3.05) is 12.4 Å². The van der Waals surface area contributed by atoms with Gasteiger partial charge in [0.2, 0.25) is 11.1 Å². The monoisotopic (exact) mass is 652 g/mol. The quantitative estimate of drug-likeness (QED) is 0.113. The average Bonchev–Trinajstić information content (AvgIpc) is 3.48. The first kappa shape index (κ1) is 31.3. The van der Waals surface area contributed by atoms with E-state index in [2.05, 4.69) is 18.3 Å². The molecular formula is C36H33ClN4O4S. The van der Waals surface area contributed by atoms with Crippen molar-refractivity contribution >= 4 is 35.3 Å². The maximum atomic E-state index is 13.8. The molecule has 0 aliphatic carbocycles. The highest BCUT2D eigenvalue weighted by Gasteiger charge is 2.36. The molecule has 1 atom stereocenters. The minimum Gasteiger partial charge on any atom is -0.493 e. The van der Waals surface area contributed by atoms with Gasteiger partial charge in [-0.25, -0.2) is 9.48 Å². The highest BCUT2D eigenvalue weighted by atomic mass is 35.5. The summed E-state index contributed by atoms with van der Waals surface area (Å²) in [4.78, 5) is 18.5. The Bertz CT molecular complexity index is 1890. The number of hydrogen-bond donors (Lipinski definition) is 1. The fourth-order valence-corrected chi connectivity index (χ4v) is 6.34. The fourth-order valence-electron chi connectivity index (χ4n) is 5.22. The third-order valence-electron chi connectivity index (χ3n) is 7.73. The van der Waals surface area contributed by atoms with E-state index in [1.54, 1.807) is 11.8 Å². The number of esters is 1. The number of hydrogen-bond acceptors (Lipinski definition) is 8. The van der Waals surface area contributed by atoms with Crippen LogP contribution in [0.5, 0.6) is 11.5 Å². The molecule has 6 rings (SSSR count). The van der Waals surface area contributed by atoms with Crippen molar-refractivity contribution < 1.29 is 19.0 Å². The standard InChI is InChI=1S/C36H33ClN4O4S/c1-23-11-7-8-14-27(23)21-44-30-18-17-26(19-31(30)43-3)33-32(34(42)45-20-25-12-5-4-6-13-25)24(2)38-35-39-36(40-41(33)35)46-22-28-15-9-10-16-29(28)37/h4-19,33H,20-22H2,1-3H3,(H,38,39,40). The molecule has 0 fully saturated rings. The summed E-state index contributed by atoms with van der Waals surface area (Å²) in [7, 11) is 1.60. The zero-order valence-corrected chi connectivity index (χ0v) is 27.3. The van der Waals surface area contributed by atoms with E-state index in [1.807, 2.05) is 97.9 Å². The van der Waals surface area contributed by atoms with Crippen LogP contribution in [-0.2, 0) is 28.5 Å². The second-order valence-electron chi connectivity index (χ2n) is 10.8. The van der Waals surface area contributed by atoms with Crippen LogP contribution in [0.2, 0.25) is 5.02 Å². The molecule has 1 aliphatic heterocycles. The van der Waals surface area contributed by atoms with Gasteiger partial charge in [0.1, 0.15) is 19.3 Å². The van der Waals surface area contributed by atoms with Gasteiger partial charge in [-0.1, -0.05) is 102 Å². The van der Waals surface area contributed by atoms with E-state index in [1.165, 1.54) is 11.8 Å². The maximum Gasteiger partial charge on any atom is 0.338 e. The number of fused-ring (bicyclic) bond motifs is 1. The van der Waals surface area contributed by atoms with Crippen molar-refractivity contribution in [2.45, 2.75) is 44.0 Å². The molecule has 1 N–H and O–H groups in total. The van der Waals surface area contributed by atoms with Gasteiger partial charge in [0, 0.05) is 16.5 Å². The van der Waals surface area contributed by atoms with Crippen LogP contribution in [0.25, 0.3) is 0 Å². The number of aryl methyl sites for hydroxylation is 1. The molecule has 0 amide bonds. The molecule has 46 heavy (non-hydrogen) atoms. The number of benzene rings is 4. The largest absolute Gasteiger partial charge is 0.493 e. The topological polar surface area (TPSA) is 87.5 Å². The first-order chi connectivity index (χ1) is 22.4. The summed E-state index contributed by atoms with van der Waals surface area (Å²) < 4.78 is 19.5. The molecule has 8 nitrogen and oxygen atoms in total. The predicted octanol–water partition coefficient (Wildman–Crippen LogP) is 8.15. The third-order valence-corrected chi connectivity index (χ3v) is 8.98. The Hall–Kier alpha value is -4.73. The number of carbonyl (C=O) groups excluding carboxylic acids is 1. The number of methoxy groups -OCH3 is 1. The number of carbonyl (C=O) groups is 1. The van der Waals surface area contributed by atoms with Crippen LogP contribution in [0.15, 0.2) is 113 Å². The minimum atomic E-state index is -0.638. The van der Waals surface area contributed by atoms with Crippen molar-refractivity contribution in [1.29, 1.82) is 0 Å². The number of nitrogens with one attached hydrogen (secondary N) is 1. The molecule has 1 unspecified atom stereocenters. The van der Waals surface area contributed by atoms with Gasteiger partial charge in [0.15, 0.2) is 11.5 Å². The lowest BCUT2D eigenvalue weighted by Crippen LogP contribution is -2.29. The predicted molar refractivity (Wildman–Crippen MR) is 180 cm³/mol. The molecule has 10 heteroatoms. The lowest BCUT2D eigenvalue weighted by atomic mass is 9.95. The van der Waals surface area contributed by atoms with E-state index < -0.39 is 12.0 Å². The number of allylic oxidation sites excluding steroid dienone is 1. The normalized spacial score (nSPS) is 14.0. The van der Waals surface area contributed by atoms with Crippen molar-refractivity contribution in [3.63, 3.8) is 0 Å². The maximum absolute atomic E-state index is 13.8. The molecule has 0 radical (unpaired) electrons.